The molecular formula is C26H32Cl2N2O3. The fourth-order valence-corrected chi connectivity index (χ4v) is 4.62. The van der Waals surface area contributed by atoms with Crippen LogP contribution in [0, 0.1) is 13.8 Å². The quantitative estimate of drug-likeness (QED) is 0.479. The first-order valence-corrected chi connectivity index (χ1v) is 12.3. The second-order valence-corrected chi connectivity index (χ2v) is 9.55. The fourth-order valence-electron chi connectivity index (χ4n) is 4.15. The Balaban J connectivity index is 1.79. The molecule has 5 nitrogen and oxygen atoms in total. The first-order valence-electron chi connectivity index (χ1n) is 11.5. The highest BCUT2D eigenvalue weighted by molar-refractivity contribution is 6.35. The number of amides is 2. The summed E-state index contributed by atoms with van der Waals surface area (Å²) in [5.41, 5.74) is 2.97. The summed E-state index contributed by atoms with van der Waals surface area (Å²) in [6, 6.07) is 10.4. The minimum absolute atomic E-state index is 0.131. The molecule has 178 valence electrons. The van der Waals surface area contributed by atoms with Crippen LogP contribution in [0.3, 0.4) is 0 Å². The van der Waals surface area contributed by atoms with Crippen molar-refractivity contribution in [1.29, 1.82) is 0 Å². The highest BCUT2D eigenvalue weighted by Crippen LogP contribution is 2.25. The number of nitrogens with one attached hydrogen (secondary N) is 1. The number of ether oxygens (including phenoxy) is 1. The molecule has 2 amide bonds. The molecule has 0 heterocycles. The Morgan fingerprint density at radius 2 is 1.82 bits per heavy atom. The van der Waals surface area contributed by atoms with E-state index in [0.29, 0.717) is 22.2 Å². The van der Waals surface area contributed by atoms with Gasteiger partial charge in [-0.3, -0.25) is 9.59 Å². The average molecular weight is 491 g/mol. The minimum Gasteiger partial charge on any atom is -0.484 e. The Morgan fingerprint density at radius 1 is 1.09 bits per heavy atom. The molecule has 7 heteroatoms. The Hall–Kier alpha value is -2.24. The van der Waals surface area contributed by atoms with Crippen LogP contribution in [0.1, 0.15) is 55.7 Å². The molecule has 1 N–H and O–H groups in total. The van der Waals surface area contributed by atoms with Crippen LogP contribution in [0.25, 0.3) is 0 Å². The van der Waals surface area contributed by atoms with Crippen molar-refractivity contribution in [3.8, 4) is 5.75 Å². The van der Waals surface area contributed by atoms with Gasteiger partial charge in [-0.25, -0.2) is 0 Å². The Bertz CT molecular complexity index is 989. The lowest BCUT2D eigenvalue weighted by Gasteiger charge is -2.31. The van der Waals surface area contributed by atoms with Crippen molar-refractivity contribution in [3.05, 3.63) is 63.1 Å². The number of halogens is 2. The van der Waals surface area contributed by atoms with Gasteiger partial charge in [0.2, 0.25) is 5.91 Å². The molecule has 1 aliphatic carbocycles. The van der Waals surface area contributed by atoms with Crippen LogP contribution < -0.4 is 10.1 Å². The van der Waals surface area contributed by atoms with E-state index < -0.39 is 6.04 Å². The van der Waals surface area contributed by atoms with Crippen LogP contribution in [-0.4, -0.2) is 35.4 Å². The predicted octanol–water partition coefficient (Wildman–Crippen LogP) is 5.86. The molecule has 0 aromatic heterocycles. The summed E-state index contributed by atoms with van der Waals surface area (Å²) in [4.78, 5) is 28.1. The zero-order chi connectivity index (χ0) is 24.0. The number of benzene rings is 2. The van der Waals surface area contributed by atoms with Gasteiger partial charge in [-0.2, -0.15) is 0 Å². The van der Waals surface area contributed by atoms with Gasteiger partial charge in [0, 0.05) is 22.6 Å². The van der Waals surface area contributed by atoms with Crippen molar-refractivity contribution in [2.24, 2.45) is 0 Å². The molecule has 1 atom stereocenters. The summed E-state index contributed by atoms with van der Waals surface area (Å²) in [5.74, 6) is 0.223. The molecule has 0 radical (unpaired) electrons. The van der Waals surface area contributed by atoms with Crippen LogP contribution in [0.4, 0.5) is 0 Å². The minimum atomic E-state index is -0.617. The van der Waals surface area contributed by atoms with E-state index in [0.717, 1.165) is 42.4 Å². The number of carbonyl (C=O) groups excluding carboxylic acids is 2. The zero-order valence-corrected chi connectivity index (χ0v) is 21.0. The third kappa shape index (κ3) is 6.87. The lowest BCUT2D eigenvalue weighted by Crippen LogP contribution is -2.52. The molecule has 1 fully saturated rings. The fraction of sp³-hybridized carbons (Fsp3) is 0.462. The van der Waals surface area contributed by atoms with Gasteiger partial charge in [0.25, 0.3) is 5.91 Å². The molecule has 0 saturated heterocycles. The summed E-state index contributed by atoms with van der Waals surface area (Å²) in [7, 11) is 0. The van der Waals surface area contributed by atoms with E-state index in [9.17, 15) is 9.59 Å². The SMILES string of the molecule is CC[C@H](C(=O)NC1CCCC1)N(Cc1ccc(Cl)cc1Cl)C(=O)COc1ccc(C)c(C)c1. The van der Waals surface area contributed by atoms with Crippen LogP contribution in [-0.2, 0) is 16.1 Å². The molecule has 33 heavy (non-hydrogen) atoms. The zero-order valence-electron chi connectivity index (χ0n) is 19.5. The highest BCUT2D eigenvalue weighted by atomic mass is 35.5. The number of hydrogen-bond acceptors (Lipinski definition) is 3. The first kappa shape index (κ1) is 25.4. The molecule has 1 aliphatic rings. The highest BCUT2D eigenvalue weighted by Gasteiger charge is 2.31. The van der Waals surface area contributed by atoms with E-state index in [1.807, 2.05) is 39.0 Å². The smallest absolute Gasteiger partial charge is 0.261 e. The van der Waals surface area contributed by atoms with Crippen molar-refractivity contribution < 1.29 is 14.3 Å². The van der Waals surface area contributed by atoms with Gasteiger partial charge in [0.1, 0.15) is 11.8 Å². The van der Waals surface area contributed by atoms with E-state index in [-0.39, 0.29) is 31.0 Å². The number of aryl methyl sites for hydroxylation is 2. The van der Waals surface area contributed by atoms with Crippen LogP contribution in [0.5, 0.6) is 5.75 Å². The molecule has 0 spiro atoms. The molecule has 3 rings (SSSR count). The first-order chi connectivity index (χ1) is 15.8. The Kier molecular flexibility index (Phi) is 9.04. The molecule has 0 unspecified atom stereocenters. The molecule has 0 aliphatic heterocycles. The van der Waals surface area contributed by atoms with Crippen molar-refractivity contribution in [2.45, 2.75) is 71.5 Å². The van der Waals surface area contributed by atoms with E-state index >= 15 is 0 Å². The third-order valence-corrected chi connectivity index (χ3v) is 6.87. The summed E-state index contributed by atoms with van der Waals surface area (Å²) < 4.78 is 5.80. The maximum Gasteiger partial charge on any atom is 0.261 e. The average Bonchev–Trinajstić information content (AvgIpc) is 3.28. The van der Waals surface area contributed by atoms with Crippen molar-refractivity contribution in [2.75, 3.05) is 6.61 Å². The van der Waals surface area contributed by atoms with Gasteiger partial charge in [-0.15, -0.1) is 0 Å². The van der Waals surface area contributed by atoms with Crippen molar-refractivity contribution >= 4 is 35.0 Å². The van der Waals surface area contributed by atoms with Crippen LogP contribution >= 0.6 is 23.2 Å². The second kappa shape index (κ2) is 11.8. The standard InChI is InChI=1S/C26H32Cl2N2O3/c1-4-24(26(32)29-21-7-5-6-8-21)30(15-19-10-11-20(27)14-23(19)28)25(31)16-33-22-12-9-17(2)18(3)13-22/h9-14,21,24H,4-8,15-16H2,1-3H3,(H,29,32)/t24-/m1/s1. The number of nitrogens with zero attached hydrogens (tertiary/aromatic N) is 1. The van der Waals surface area contributed by atoms with E-state index in [1.54, 1.807) is 23.1 Å². The van der Waals surface area contributed by atoms with E-state index in [1.165, 1.54) is 0 Å². The topological polar surface area (TPSA) is 58.6 Å². The summed E-state index contributed by atoms with van der Waals surface area (Å²) in [5, 5.41) is 4.11. The van der Waals surface area contributed by atoms with Crippen LogP contribution in [0.15, 0.2) is 36.4 Å². The van der Waals surface area contributed by atoms with Gasteiger partial charge in [-0.05, 0) is 74.1 Å². The monoisotopic (exact) mass is 490 g/mol. The molecule has 2 aromatic rings. The molecule has 0 bridgehead atoms. The number of hydrogen-bond donors (Lipinski definition) is 1. The normalized spacial score (nSPS) is 14.7. The maximum atomic E-state index is 13.3. The Morgan fingerprint density at radius 3 is 2.45 bits per heavy atom. The predicted molar refractivity (Wildman–Crippen MR) is 133 cm³/mol. The van der Waals surface area contributed by atoms with Gasteiger partial charge < -0.3 is 15.0 Å². The van der Waals surface area contributed by atoms with E-state index in [4.69, 9.17) is 27.9 Å². The maximum absolute atomic E-state index is 13.3. The third-order valence-electron chi connectivity index (χ3n) is 6.28. The van der Waals surface area contributed by atoms with Gasteiger partial charge in [-0.1, -0.05) is 55.1 Å². The van der Waals surface area contributed by atoms with Gasteiger partial charge in [0.15, 0.2) is 6.61 Å². The second-order valence-electron chi connectivity index (χ2n) is 8.71. The Labute approximate surface area is 206 Å². The summed E-state index contributed by atoms with van der Waals surface area (Å²) in [6.07, 6.45) is 4.69. The van der Waals surface area contributed by atoms with Gasteiger partial charge in [0.05, 0.1) is 0 Å². The lowest BCUT2D eigenvalue weighted by molar-refractivity contribution is -0.143. The largest absolute Gasteiger partial charge is 0.484 e. The van der Waals surface area contributed by atoms with Crippen molar-refractivity contribution in [1.82, 2.24) is 10.2 Å². The van der Waals surface area contributed by atoms with E-state index in [2.05, 4.69) is 5.32 Å². The lowest BCUT2D eigenvalue weighted by atomic mass is 10.1. The van der Waals surface area contributed by atoms with Crippen molar-refractivity contribution in [3.63, 3.8) is 0 Å². The number of carbonyl (C=O) groups is 2. The molecule has 2 aromatic carbocycles. The summed E-state index contributed by atoms with van der Waals surface area (Å²) >= 11 is 12.4. The molecular weight excluding hydrogens is 459 g/mol. The molecule has 1 saturated carbocycles. The summed E-state index contributed by atoms with van der Waals surface area (Å²) in [6.45, 7) is 5.96. The number of rotatable bonds is 9. The van der Waals surface area contributed by atoms with Crippen LogP contribution in [0.2, 0.25) is 10.0 Å². The van der Waals surface area contributed by atoms with Gasteiger partial charge >= 0.3 is 0 Å².